The second-order valence-electron chi connectivity index (χ2n) is 8.75. The number of likely N-dealkylation sites (tertiary alicyclic amines) is 1. The number of imidazole rings is 1. The van der Waals surface area contributed by atoms with E-state index < -0.39 is 0 Å². The van der Waals surface area contributed by atoms with Crippen molar-refractivity contribution in [2.75, 3.05) is 11.1 Å². The molecule has 5 rings (SSSR count). The zero-order valence-electron chi connectivity index (χ0n) is 19.4. The summed E-state index contributed by atoms with van der Waals surface area (Å²) >= 11 is 2.71. The highest BCUT2D eigenvalue weighted by atomic mass is 32.2. The minimum atomic E-state index is -0.150. The molecule has 0 radical (unpaired) electrons. The highest BCUT2D eigenvalue weighted by Crippen LogP contribution is 2.28. The van der Waals surface area contributed by atoms with E-state index in [2.05, 4.69) is 34.3 Å². The Morgan fingerprint density at radius 3 is 2.59 bits per heavy atom. The fourth-order valence-electron chi connectivity index (χ4n) is 4.71. The molecule has 1 saturated heterocycles. The molecule has 3 aromatic heterocycles. The van der Waals surface area contributed by atoms with Crippen LogP contribution in [0.2, 0.25) is 0 Å². The predicted molar refractivity (Wildman–Crippen MR) is 134 cm³/mol. The third-order valence-electron chi connectivity index (χ3n) is 6.24. The third-order valence-corrected chi connectivity index (χ3v) is 8.05. The summed E-state index contributed by atoms with van der Waals surface area (Å²) in [6, 6.07) is 8.36. The van der Waals surface area contributed by atoms with E-state index in [1.54, 1.807) is 0 Å². The fourth-order valence-corrected chi connectivity index (χ4v) is 6.16. The third kappa shape index (κ3) is 4.29. The summed E-state index contributed by atoms with van der Waals surface area (Å²) in [5.74, 6) is 0.729. The Morgan fingerprint density at radius 1 is 1.15 bits per heavy atom. The number of fused-ring (bicyclic) bond motifs is 3. The van der Waals surface area contributed by atoms with E-state index in [1.165, 1.54) is 23.1 Å². The van der Waals surface area contributed by atoms with Crippen molar-refractivity contribution in [3.63, 3.8) is 0 Å². The summed E-state index contributed by atoms with van der Waals surface area (Å²) in [6.07, 6.45) is 3.22. The van der Waals surface area contributed by atoms with Gasteiger partial charge in [-0.05, 0) is 52.2 Å². The van der Waals surface area contributed by atoms with Crippen molar-refractivity contribution in [2.24, 2.45) is 0 Å². The van der Waals surface area contributed by atoms with Crippen molar-refractivity contribution in [3.8, 4) is 0 Å². The lowest BCUT2D eigenvalue weighted by atomic mass is 9.97. The van der Waals surface area contributed by atoms with E-state index in [0.717, 1.165) is 36.0 Å². The molecule has 2 atom stereocenters. The van der Waals surface area contributed by atoms with Crippen molar-refractivity contribution >= 4 is 56.9 Å². The molecule has 1 fully saturated rings. The molecule has 2 amide bonds. The number of thiazole rings is 1. The molecule has 178 valence electrons. The number of carbonyl (C=O) groups is 2. The van der Waals surface area contributed by atoms with Crippen molar-refractivity contribution in [1.29, 1.82) is 0 Å². The van der Waals surface area contributed by atoms with Gasteiger partial charge >= 0.3 is 0 Å². The minimum Gasteiger partial charge on any atom is -0.336 e. The summed E-state index contributed by atoms with van der Waals surface area (Å²) < 4.78 is 3.86. The monoisotopic (exact) mass is 497 g/mol. The maximum absolute atomic E-state index is 13.4. The Labute approximate surface area is 205 Å². The van der Waals surface area contributed by atoms with Gasteiger partial charge in [0.2, 0.25) is 17.6 Å². The van der Waals surface area contributed by atoms with Crippen LogP contribution in [0.3, 0.4) is 0 Å². The molecule has 0 saturated carbocycles. The zero-order chi connectivity index (χ0) is 23.8. The molecule has 1 aliphatic rings. The average molecular weight is 498 g/mol. The number of nitrogens with one attached hydrogen (secondary N) is 1. The average Bonchev–Trinajstić information content (AvgIpc) is 3.48. The van der Waals surface area contributed by atoms with Crippen LogP contribution >= 0.6 is 23.1 Å². The Bertz CT molecular complexity index is 1350. The van der Waals surface area contributed by atoms with Gasteiger partial charge in [0, 0.05) is 17.5 Å². The van der Waals surface area contributed by atoms with Crippen LogP contribution in [-0.2, 0) is 16.1 Å². The number of piperidine rings is 1. The van der Waals surface area contributed by atoms with Crippen LogP contribution in [-0.4, -0.2) is 58.7 Å². The lowest BCUT2D eigenvalue weighted by molar-refractivity contribution is -0.137. The number of para-hydroxylation sites is 2. The largest absolute Gasteiger partial charge is 0.336 e. The van der Waals surface area contributed by atoms with Gasteiger partial charge in [-0.3, -0.25) is 18.6 Å². The topological polar surface area (TPSA) is 97.4 Å². The molecule has 0 spiro atoms. The second kappa shape index (κ2) is 9.38. The van der Waals surface area contributed by atoms with Crippen LogP contribution in [0.5, 0.6) is 0 Å². The maximum atomic E-state index is 13.4. The number of anilines is 1. The van der Waals surface area contributed by atoms with Crippen LogP contribution in [0.4, 0.5) is 5.13 Å². The normalized spacial score (nSPS) is 18.6. The van der Waals surface area contributed by atoms with Gasteiger partial charge in [-0.2, -0.15) is 0 Å². The Hall–Kier alpha value is -2.92. The zero-order valence-corrected chi connectivity index (χ0v) is 21.0. The number of amides is 2. The maximum Gasteiger partial charge on any atom is 0.243 e. The highest BCUT2D eigenvalue weighted by Gasteiger charge is 2.30. The number of aryl methyl sites for hydroxylation is 1. The number of hydrogen-bond acceptors (Lipinski definition) is 7. The molecule has 34 heavy (non-hydrogen) atoms. The van der Waals surface area contributed by atoms with Gasteiger partial charge in [0.05, 0.1) is 22.5 Å². The molecule has 0 aliphatic carbocycles. The smallest absolute Gasteiger partial charge is 0.243 e. The van der Waals surface area contributed by atoms with E-state index in [1.807, 2.05) is 50.4 Å². The summed E-state index contributed by atoms with van der Waals surface area (Å²) in [5.41, 5.74) is 2.71. The molecule has 4 aromatic rings. The number of thioether (sulfide) groups is 1. The van der Waals surface area contributed by atoms with Crippen LogP contribution in [0.15, 0.2) is 34.8 Å². The van der Waals surface area contributed by atoms with Crippen molar-refractivity contribution in [2.45, 2.75) is 63.8 Å². The highest BCUT2D eigenvalue weighted by molar-refractivity contribution is 7.99. The molecule has 1 aliphatic heterocycles. The van der Waals surface area contributed by atoms with Gasteiger partial charge in [-0.25, -0.2) is 4.98 Å². The van der Waals surface area contributed by atoms with Crippen LogP contribution in [0.25, 0.3) is 16.8 Å². The van der Waals surface area contributed by atoms with Crippen LogP contribution in [0, 0.1) is 6.92 Å². The van der Waals surface area contributed by atoms with Gasteiger partial charge in [-0.1, -0.05) is 23.9 Å². The predicted octanol–water partition coefficient (Wildman–Crippen LogP) is 3.97. The molecule has 4 heterocycles. The summed E-state index contributed by atoms with van der Waals surface area (Å²) in [7, 11) is 0. The first-order chi connectivity index (χ1) is 16.4. The van der Waals surface area contributed by atoms with E-state index in [-0.39, 0.29) is 36.2 Å². The summed E-state index contributed by atoms with van der Waals surface area (Å²) in [4.78, 5) is 32.1. The molecular formula is C23H27N7O2S2. The minimum absolute atomic E-state index is 0.0956. The standard InChI is InChI=1S/C23H27N7O2S2/c1-14-12-33-21(24-14)25-19(31)13-34-23-27-26-22-28(17-9-4-5-10-18(17)30(22)23)11-20(32)29-15(2)7-6-8-16(29)3/h4-5,9-10,12,15-16H,6-8,11,13H2,1-3H3,(H,24,25,31)/t15-,16+. The number of hydrogen-bond donors (Lipinski definition) is 1. The quantitative estimate of drug-likeness (QED) is 0.405. The van der Waals surface area contributed by atoms with Gasteiger partial charge in [0.15, 0.2) is 10.3 Å². The molecule has 0 unspecified atom stereocenters. The Kier molecular flexibility index (Phi) is 6.30. The lowest BCUT2D eigenvalue weighted by Crippen LogP contribution is -2.48. The summed E-state index contributed by atoms with van der Waals surface area (Å²) in [6.45, 7) is 6.35. The van der Waals surface area contributed by atoms with E-state index in [4.69, 9.17) is 0 Å². The molecule has 0 bridgehead atoms. The SMILES string of the molecule is Cc1csc(NC(=O)CSc2nnc3n(CC(=O)N4[C@H](C)CCC[C@@H]4C)c4ccccc4n23)n1. The number of rotatable bonds is 6. The number of carbonyl (C=O) groups excluding carboxylic acids is 2. The first-order valence-electron chi connectivity index (χ1n) is 11.4. The van der Waals surface area contributed by atoms with Crippen molar-refractivity contribution in [1.82, 2.24) is 29.0 Å². The van der Waals surface area contributed by atoms with E-state index in [9.17, 15) is 9.59 Å². The van der Waals surface area contributed by atoms with Crippen LogP contribution < -0.4 is 5.32 Å². The van der Waals surface area contributed by atoms with Crippen molar-refractivity contribution < 1.29 is 9.59 Å². The van der Waals surface area contributed by atoms with Gasteiger partial charge in [-0.15, -0.1) is 21.5 Å². The molecule has 11 heteroatoms. The van der Waals surface area contributed by atoms with E-state index in [0.29, 0.717) is 16.1 Å². The lowest BCUT2D eigenvalue weighted by Gasteiger charge is -2.39. The molecule has 1 aromatic carbocycles. The van der Waals surface area contributed by atoms with Gasteiger partial charge in [0.1, 0.15) is 6.54 Å². The molecular weight excluding hydrogens is 470 g/mol. The number of aromatic nitrogens is 5. The number of benzene rings is 1. The summed E-state index contributed by atoms with van der Waals surface area (Å²) in [5, 5.41) is 14.7. The van der Waals surface area contributed by atoms with Gasteiger partial charge < -0.3 is 10.2 Å². The molecule has 1 N–H and O–H groups in total. The Morgan fingerprint density at radius 2 is 1.88 bits per heavy atom. The van der Waals surface area contributed by atoms with Crippen molar-refractivity contribution in [3.05, 3.63) is 35.3 Å². The first kappa shape index (κ1) is 22.9. The first-order valence-corrected chi connectivity index (χ1v) is 13.3. The molecule has 9 nitrogen and oxygen atoms in total. The second-order valence-corrected chi connectivity index (χ2v) is 10.6. The van der Waals surface area contributed by atoms with Crippen LogP contribution in [0.1, 0.15) is 38.8 Å². The Balaban J connectivity index is 1.40. The fraction of sp³-hybridized carbons (Fsp3) is 0.435. The van der Waals surface area contributed by atoms with Gasteiger partial charge in [0.25, 0.3) is 0 Å². The van der Waals surface area contributed by atoms with E-state index >= 15 is 0 Å². The number of nitrogens with zero attached hydrogens (tertiary/aromatic N) is 6.